The number of nitrogens with zero attached hydrogens (tertiary/aromatic N) is 1. The molecule has 0 fully saturated rings. The molecule has 0 unspecified atom stereocenters. The highest BCUT2D eigenvalue weighted by Gasteiger charge is 2.30. The number of benzene rings is 3. The molecule has 3 aromatic carbocycles. The minimum atomic E-state index is -4.51. The second-order valence-electron chi connectivity index (χ2n) is 6.26. The SMILES string of the molecule is O=C(N/N=C/c1ccc(OCc2ccc(I)cc2)cc1)c1cccc(C(F)(F)F)c1. The molecule has 1 N–H and O–H groups in total. The average Bonchev–Trinajstić information content (AvgIpc) is 2.74. The van der Waals surface area contributed by atoms with Crippen LogP contribution in [0, 0.1) is 3.57 Å². The van der Waals surface area contributed by atoms with Crippen molar-refractivity contribution in [2.24, 2.45) is 5.10 Å². The quantitative estimate of drug-likeness (QED) is 0.258. The molecule has 0 bridgehead atoms. The molecule has 0 aliphatic carbocycles. The van der Waals surface area contributed by atoms with Crippen molar-refractivity contribution in [2.45, 2.75) is 12.8 Å². The normalized spacial score (nSPS) is 11.5. The summed E-state index contributed by atoms with van der Waals surface area (Å²) in [5, 5.41) is 3.79. The monoisotopic (exact) mass is 524 g/mol. The summed E-state index contributed by atoms with van der Waals surface area (Å²) in [7, 11) is 0. The predicted octanol–water partition coefficient (Wildman–Crippen LogP) is 5.65. The Bertz CT molecular complexity index is 1030. The van der Waals surface area contributed by atoms with Crippen LogP contribution in [0.25, 0.3) is 0 Å². The summed E-state index contributed by atoms with van der Waals surface area (Å²) in [4.78, 5) is 12.0. The van der Waals surface area contributed by atoms with Gasteiger partial charge < -0.3 is 4.74 Å². The molecule has 1 amide bonds. The van der Waals surface area contributed by atoms with Crippen molar-refractivity contribution >= 4 is 34.7 Å². The molecule has 0 aromatic heterocycles. The standard InChI is InChI=1S/C22H16F3IN2O2/c23-22(24,25)18-3-1-2-17(12-18)21(29)28-27-13-15-6-10-20(11-7-15)30-14-16-4-8-19(26)9-5-16/h1-13H,14H2,(H,28,29)/b27-13+. The number of carbonyl (C=O) groups excluding carboxylic acids is 1. The molecule has 8 heteroatoms. The lowest BCUT2D eigenvalue weighted by Crippen LogP contribution is -2.18. The average molecular weight is 524 g/mol. The van der Waals surface area contributed by atoms with Crippen LogP contribution in [0.5, 0.6) is 5.75 Å². The van der Waals surface area contributed by atoms with Crippen molar-refractivity contribution in [1.82, 2.24) is 5.43 Å². The van der Waals surface area contributed by atoms with Gasteiger partial charge >= 0.3 is 6.18 Å². The fourth-order valence-corrected chi connectivity index (χ4v) is 2.82. The molecule has 4 nitrogen and oxygen atoms in total. The third-order valence-electron chi connectivity index (χ3n) is 4.03. The van der Waals surface area contributed by atoms with Gasteiger partial charge in [0.15, 0.2) is 0 Å². The molecule has 154 valence electrons. The maximum Gasteiger partial charge on any atom is 0.416 e. The van der Waals surface area contributed by atoms with E-state index in [0.717, 1.165) is 21.3 Å². The fourth-order valence-electron chi connectivity index (χ4n) is 2.46. The molecule has 30 heavy (non-hydrogen) atoms. The number of hydrazone groups is 1. The van der Waals surface area contributed by atoms with Crippen LogP contribution in [0.3, 0.4) is 0 Å². The third kappa shape index (κ3) is 6.31. The smallest absolute Gasteiger partial charge is 0.416 e. The molecule has 0 heterocycles. The van der Waals surface area contributed by atoms with Gasteiger partial charge in [0.05, 0.1) is 11.8 Å². The summed E-state index contributed by atoms with van der Waals surface area (Å²) in [6, 6.07) is 19.2. The minimum Gasteiger partial charge on any atom is -0.489 e. The zero-order chi connectivity index (χ0) is 21.6. The second kappa shape index (κ2) is 9.75. The Balaban J connectivity index is 1.54. The van der Waals surface area contributed by atoms with Crippen molar-refractivity contribution in [3.05, 3.63) is 98.6 Å². The zero-order valence-electron chi connectivity index (χ0n) is 15.5. The summed E-state index contributed by atoms with van der Waals surface area (Å²) in [6.45, 7) is 0.442. The van der Waals surface area contributed by atoms with Gasteiger partial charge in [-0.25, -0.2) is 5.43 Å². The fraction of sp³-hybridized carbons (Fsp3) is 0.0909. The number of ether oxygens (including phenoxy) is 1. The number of hydrogen-bond donors (Lipinski definition) is 1. The minimum absolute atomic E-state index is 0.124. The van der Waals surface area contributed by atoms with Gasteiger partial charge in [-0.05, 0) is 88.3 Å². The van der Waals surface area contributed by atoms with Crippen LogP contribution in [-0.2, 0) is 12.8 Å². The molecule has 0 saturated carbocycles. The first kappa shape index (κ1) is 21.8. The van der Waals surface area contributed by atoms with E-state index < -0.39 is 17.6 Å². The number of halogens is 4. The molecule has 0 aliphatic rings. The van der Waals surface area contributed by atoms with Crippen molar-refractivity contribution < 1.29 is 22.7 Å². The molecule has 0 radical (unpaired) electrons. The number of hydrogen-bond acceptors (Lipinski definition) is 3. The van der Waals surface area contributed by atoms with E-state index >= 15 is 0 Å². The van der Waals surface area contributed by atoms with Crippen LogP contribution in [0.4, 0.5) is 13.2 Å². The van der Waals surface area contributed by atoms with E-state index in [4.69, 9.17) is 4.74 Å². The van der Waals surface area contributed by atoms with Crippen LogP contribution in [0.2, 0.25) is 0 Å². The molecule has 0 atom stereocenters. The molecule has 0 aliphatic heterocycles. The van der Waals surface area contributed by atoms with Crippen molar-refractivity contribution in [3.63, 3.8) is 0 Å². The van der Waals surface area contributed by atoms with Crippen molar-refractivity contribution in [3.8, 4) is 5.75 Å². The van der Waals surface area contributed by atoms with E-state index in [-0.39, 0.29) is 5.56 Å². The Labute approximate surface area is 184 Å². The van der Waals surface area contributed by atoms with Gasteiger partial charge in [0.2, 0.25) is 0 Å². The van der Waals surface area contributed by atoms with Gasteiger partial charge in [0, 0.05) is 9.13 Å². The molecule has 3 rings (SSSR count). The summed E-state index contributed by atoms with van der Waals surface area (Å²) in [6.07, 6.45) is -3.11. The van der Waals surface area contributed by atoms with E-state index in [0.29, 0.717) is 17.9 Å². The van der Waals surface area contributed by atoms with Gasteiger partial charge in [-0.1, -0.05) is 18.2 Å². The first-order valence-corrected chi connectivity index (χ1v) is 9.87. The Morgan fingerprint density at radius 3 is 2.40 bits per heavy atom. The Kier molecular flexibility index (Phi) is 7.09. The Morgan fingerprint density at radius 1 is 1.03 bits per heavy atom. The van der Waals surface area contributed by atoms with E-state index in [2.05, 4.69) is 33.1 Å². The highest BCUT2D eigenvalue weighted by Crippen LogP contribution is 2.29. The predicted molar refractivity (Wildman–Crippen MR) is 116 cm³/mol. The lowest BCUT2D eigenvalue weighted by molar-refractivity contribution is -0.137. The maximum absolute atomic E-state index is 12.7. The molecular formula is C22H16F3IN2O2. The van der Waals surface area contributed by atoms with Gasteiger partial charge in [0.25, 0.3) is 5.91 Å². The topological polar surface area (TPSA) is 50.7 Å². The molecule has 0 saturated heterocycles. The summed E-state index contributed by atoms with van der Waals surface area (Å²) in [5.74, 6) is -0.0477. The van der Waals surface area contributed by atoms with Gasteiger partial charge in [0.1, 0.15) is 12.4 Å². The van der Waals surface area contributed by atoms with E-state index in [1.165, 1.54) is 18.3 Å². The molecule has 3 aromatic rings. The Morgan fingerprint density at radius 2 is 1.73 bits per heavy atom. The van der Waals surface area contributed by atoms with Crippen LogP contribution in [0.15, 0.2) is 77.9 Å². The zero-order valence-corrected chi connectivity index (χ0v) is 17.6. The molecular weight excluding hydrogens is 508 g/mol. The first-order valence-electron chi connectivity index (χ1n) is 8.79. The van der Waals surface area contributed by atoms with Gasteiger partial charge in [-0.3, -0.25) is 4.79 Å². The van der Waals surface area contributed by atoms with Crippen LogP contribution in [0.1, 0.15) is 27.0 Å². The van der Waals surface area contributed by atoms with E-state index in [1.807, 2.05) is 24.3 Å². The lowest BCUT2D eigenvalue weighted by atomic mass is 10.1. The highest BCUT2D eigenvalue weighted by molar-refractivity contribution is 14.1. The van der Waals surface area contributed by atoms with E-state index in [9.17, 15) is 18.0 Å². The maximum atomic E-state index is 12.7. The van der Waals surface area contributed by atoms with Gasteiger partial charge in [-0.15, -0.1) is 0 Å². The largest absolute Gasteiger partial charge is 0.489 e. The first-order chi connectivity index (χ1) is 14.3. The number of amides is 1. The van der Waals surface area contributed by atoms with Crippen LogP contribution in [-0.4, -0.2) is 12.1 Å². The number of alkyl halides is 3. The number of nitrogens with one attached hydrogen (secondary N) is 1. The van der Waals surface area contributed by atoms with Crippen molar-refractivity contribution in [2.75, 3.05) is 0 Å². The van der Waals surface area contributed by atoms with Crippen LogP contribution >= 0.6 is 22.6 Å². The number of carbonyl (C=O) groups is 1. The van der Waals surface area contributed by atoms with E-state index in [1.54, 1.807) is 24.3 Å². The number of rotatable bonds is 6. The second-order valence-corrected chi connectivity index (χ2v) is 7.51. The summed E-state index contributed by atoms with van der Waals surface area (Å²) >= 11 is 2.24. The Hall–Kier alpha value is -2.88. The van der Waals surface area contributed by atoms with Gasteiger partial charge in [-0.2, -0.15) is 18.3 Å². The van der Waals surface area contributed by atoms with Crippen LogP contribution < -0.4 is 10.2 Å². The summed E-state index contributed by atoms with van der Waals surface area (Å²) < 4.78 is 45.1. The third-order valence-corrected chi connectivity index (χ3v) is 4.75. The lowest BCUT2D eigenvalue weighted by Gasteiger charge is -2.08. The van der Waals surface area contributed by atoms with Crippen molar-refractivity contribution in [1.29, 1.82) is 0 Å². The summed E-state index contributed by atoms with van der Waals surface area (Å²) in [5.41, 5.74) is 2.96. The highest BCUT2D eigenvalue weighted by atomic mass is 127. The molecule has 0 spiro atoms.